The zero-order valence-electron chi connectivity index (χ0n) is 11.9. The molecule has 104 valence electrons. The van der Waals surface area contributed by atoms with Gasteiger partial charge in [0, 0.05) is 5.56 Å². The Labute approximate surface area is 125 Å². The Balaban J connectivity index is 2.14. The molecule has 0 heterocycles. The van der Waals surface area contributed by atoms with Crippen molar-refractivity contribution in [1.29, 1.82) is 0 Å². The second-order valence-corrected chi connectivity index (χ2v) is 5.46. The lowest BCUT2D eigenvalue weighted by Gasteiger charge is -2.09. The Hall–Kier alpha value is -1.65. The lowest BCUT2D eigenvalue weighted by atomic mass is 10.1. The predicted octanol–water partition coefficient (Wildman–Crippen LogP) is 4.86. The molecule has 0 aromatic heterocycles. The molecule has 0 aliphatic rings. The summed E-state index contributed by atoms with van der Waals surface area (Å²) in [5.74, 6) is 7.86. The number of halogens is 1. The van der Waals surface area contributed by atoms with Crippen molar-refractivity contribution >= 4 is 22.4 Å². The van der Waals surface area contributed by atoms with Gasteiger partial charge in [-0.2, -0.15) is 0 Å². The largest absolute Gasteiger partial charge is 0.494 e. The van der Waals surface area contributed by atoms with Gasteiger partial charge in [-0.15, -0.1) is 11.6 Å². The average Bonchev–Trinajstić information content (AvgIpc) is 2.44. The van der Waals surface area contributed by atoms with Gasteiger partial charge in [0.15, 0.2) is 0 Å². The molecule has 0 aliphatic heterocycles. The van der Waals surface area contributed by atoms with E-state index in [-0.39, 0.29) is 0 Å². The van der Waals surface area contributed by atoms with Gasteiger partial charge in [0.1, 0.15) is 5.75 Å². The minimum absolute atomic E-state index is 0.362. The summed E-state index contributed by atoms with van der Waals surface area (Å²) >= 11 is 5.57. The van der Waals surface area contributed by atoms with Gasteiger partial charge in [0.05, 0.1) is 12.5 Å². The van der Waals surface area contributed by atoms with E-state index < -0.39 is 0 Å². The quantitative estimate of drug-likeness (QED) is 0.576. The van der Waals surface area contributed by atoms with Crippen molar-refractivity contribution in [2.75, 3.05) is 12.5 Å². The van der Waals surface area contributed by atoms with Crippen molar-refractivity contribution in [3.8, 4) is 17.6 Å². The standard InChI is InChI=1S/C18H19ClO/c1-14(2)9-11-20-18-8-7-16-12-15(4-3-10-19)5-6-17(16)13-18/h5-8,12-14H,9-11H2,1-2H3. The van der Waals surface area contributed by atoms with E-state index in [1.54, 1.807) is 0 Å². The minimum atomic E-state index is 0.362. The van der Waals surface area contributed by atoms with Gasteiger partial charge >= 0.3 is 0 Å². The Morgan fingerprint density at radius 2 is 1.85 bits per heavy atom. The maximum absolute atomic E-state index is 5.77. The molecule has 2 aromatic carbocycles. The normalized spacial score (nSPS) is 10.4. The molecule has 0 fully saturated rings. The Kier molecular flexibility index (Phi) is 5.32. The fraction of sp³-hybridized carbons (Fsp3) is 0.333. The summed E-state index contributed by atoms with van der Waals surface area (Å²) in [6, 6.07) is 12.3. The van der Waals surface area contributed by atoms with Crippen LogP contribution in [0.1, 0.15) is 25.8 Å². The molecule has 0 aliphatic carbocycles. The van der Waals surface area contributed by atoms with Crippen LogP contribution in [-0.2, 0) is 0 Å². The van der Waals surface area contributed by atoms with Crippen LogP contribution in [0.5, 0.6) is 5.75 Å². The van der Waals surface area contributed by atoms with E-state index in [9.17, 15) is 0 Å². The monoisotopic (exact) mass is 286 g/mol. The maximum Gasteiger partial charge on any atom is 0.119 e. The minimum Gasteiger partial charge on any atom is -0.494 e. The van der Waals surface area contributed by atoms with Gasteiger partial charge in [-0.1, -0.05) is 37.8 Å². The van der Waals surface area contributed by atoms with Gasteiger partial charge in [-0.3, -0.25) is 0 Å². The van der Waals surface area contributed by atoms with E-state index in [4.69, 9.17) is 16.3 Å². The summed E-state index contributed by atoms with van der Waals surface area (Å²) in [6.07, 6.45) is 1.07. The molecule has 2 heteroatoms. The second kappa shape index (κ2) is 7.22. The van der Waals surface area contributed by atoms with Crippen LogP contribution >= 0.6 is 11.6 Å². The molecule has 0 amide bonds. The molecule has 0 saturated carbocycles. The van der Waals surface area contributed by atoms with E-state index in [0.717, 1.165) is 24.3 Å². The molecule has 2 aromatic rings. The van der Waals surface area contributed by atoms with Crippen LogP contribution in [0.2, 0.25) is 0 Å². The molecule has 0 saturated heterocycles. The first-order chi connectivity index (χ1) is 9.69. The highest BCUT2D eigenvalue weighted by atomic mass is 35.5. The van der Waals surface area contributed by atoms with E-state index >= 15 is 0 Å². The molecular weight excluding hydrogens is 268 g/mol. The first-order valence-corrected chi connectivity index (χ1v) is 7.44. The second-order valence-electron chi connectivity index (χ2n) is 5.19. The van der Waals surface area contributed by atoms with E-state index in [0.29, 0.717) is 11.8 Å². The van der Waals surface area contributed by atoms with Gasteiger partial charge < -0.3 is 4.74 Å². The molecule has 0 spiro atoms. The van der Waals surface area contributed by atoms with Crippen LogP contribution in [0.3, 0.4) is 0 Å². The predicted molar refractivity (Wildman–Crippen MR) is 86.5 cm³/mol. The van der Waals surface area contributed by atoms with Crippen molar-refractivity contribution < 1.29 is 4.74 Å². The topological polar surface area (TPSA) is 9.23 Å². The van der Waals surface area contributed by atoms with Crippen molar-refractivity contribution in [3.05, 3.63) is 42.0 Å². The molecule has 2 rings (SSSR count). The van der Waals surface area contributed by atoms with Crippen LogP contribution in [0.15, 0.2) is 36.4 Å². The lowest BCUT2D eigenvalue weighted by Crippen LogP contribution is -2.01. The Morgan fingerprint density at radius 3 is 2.60 bits per heavy atom. The number of hydrogen-bond acceptors (Lipinski definition) is 1. The number of alkyl halides is 1. The summed E-state index contributed by atoms with van der Waals surface area (Å²) in [7, 11) is 0. The summed E-state index contributed by atoms with van der Waals surface area (Å²) in [4.78, 5) is 0. The Bertz CT molecular complexity index is 635. The van der Waals surface area contributed by atoms with E-state index in [1.165, 1.54) is 10.8 Å². The zero-order chi connectivity index (χ0) is 14.4. The molecule has 20 heavy (non-hydrogen) atoms. The average molecular weight is 287 g/mol. The first-order valence-electron chi connectivity index (χ1n) is 6.90. The zero-order valence-corrected chi connectivity index (χ0v) is 12.7. The van der Waals surface area contributed by atoms with Crippen LogP contribution in [0, 0.1) is 17.8 Å². The van der Waals surface area contributed by atoms with Gasteiger partial charge in [0.2, 0.25) is 0 Å². The third-order valence-electron chi connectivity index (χ3n) is 3.08. The molecule has 0 N–H and O–H groups in total. The van der Waals surface area contributed by atoms with Gasteiger partial charge in [-0.05, 0) is 47.4 Å². The number of ether oxygens (including phenoxy) is 1. The van der Waals surface area contributed by atoms with Crippen LogP contribution in [-0.4, -0.2) is 12.5 Å². The summed E-state index contributed by atoms with van der Waals surface area (Å²) in [6.45, 7) is 5.17. The number of fused-ring (bicyclic) bond motifs is 1. The highest BCUT2D eigenvalue weighted by Crippen LogP contribution is 2.22. The number of hydrogen-bond donors (Lipinski definition) is 0. The molecule has 0 atom stereocenters. The fourth-order valence-electron chi connectivity index (χ4n) is 1.94. The SMILES string of the molecule is CC(C)CCOc1ccc2cc(C#CCCl)ccc2c1. The maximum atomic E-state index is 5.77. The van der Waals surface area contributed by atoms with Crippen molar-refractivity contribution in [1.82, 2.24) is 0 Å². The molecule has 0 bridgehead atoms. The number of rotatable bonds is 4. The fourth-order valence-corrected chi connectivity index (χ4v) is 2.01. The lowest BCUT2D eigenvalue weighted by molar-refractivity contribution is 0.290. The van der Waals surface area contributed by atoms with Crippen molar-refractivity contribution in [3.63, 3.8) is 0 Å². The smallest absolute Gasteiger partial charge is 0.119 e. The van der Waals surface area contributed by atoms with Crippen LogP contribution < -0.4 is 4.74 Å². The van der Waals surface area contributed by atoms with Gasteiger partial charge in [-0.25, -0.2) is 0 Å². The van der Waals surface area contributed by atoms with E-state index in [2.05, 4.69) is 50.0 Å². The Morgan fingerprint density at radius 1 is 1.10 bits per heavy atom. The van der Waals surface area contributed by atoms with Crippen molar-refractivity contribution in [2.24, 2.45) is 5.92 Å². The molecule has 0 unspecified atom stereocenters. The number of benzene rings is 2. The molecule has 0 radical (unpaired) electrons. The summed E-state index contributed by atoms with van der Waals surface area (Å²) in [5, 5.41) is 2.34. The molecule has 1 nitrogen and oxygen atoms in total. The molecular formula is C18H19ClO. The highest BCUT2D eigenvalue weighted by Gasteiger charge is 2.00. The van der Waals surface area contributed by atoms with Gasteiger partial charge in [0.25, 0.3) is 0 Å². The van der Waals surface area contributed by atoms with Crippen LogP contribution in [0.25, 0.3) is 10.8 Å². The van der Waals surface area contributed by atoms with Crippen molar-refractivity contribution in [2.45, 2.75) is 20.3 Å². The van der Waals surface area contributed by atoms with E-state index in [1.807, 2.05) is 12.1 Å². The van der Waals surface area contributed by atoms with Crippen LogP contribution in [0.4, 0.5) is 0 Å². The highest BCUT2D eigenvalue weighted by molar-refractivity contribution is 6.19. The third-order valence-corrected chi connectivity index (χ3v) is 3.21. The summed E-state index contributed by atoms with van der Waals surface area (Å²) < 4.78 is 5.77. The third kappa shape index (κ3) is 4.18. The summed E-state index contributed by atoms with van der Waals surface area (Å²) in [5.41, 5.74) is 0.992. The first kappa shape index (κ1) is 14.8.